The maximum atomic E-state index is 12.8. The first kappa shape index (κ1) is 19.7. The van der Waals surface area contributed by atoms with Gasteiger partial charge in [-0.05, 0) is 17.7 Å². The number of guanidine groups is 1. The average Bonchev–Trinajstić information content (AvgIpc) is 3.33. The van der Waals surface area contributed by atoms with Crippen molar-refractivity contribution in [1.82, 2.24) is 15.1 Å². The van der Waals surface area contributed by atoms with Crippen molar-refractivity contribution in [1.29, 1.82) is 0 Å². The molecule has 2 aliphatic heterocycles. The number of carbonyl (C=O) groups is 3. The Morgan fingerprint density at radius 2 is 1.83 bits per heavy atom. The number of hydrogen-bond acceptors (Lipinski definition) is 7. The summed E-state index contributed by atoms with van der Waals surface area (Å²) in [7, 11) is 1.26. The molecule has 1 fully saturated rings. The van der Waals surface area contributed by atoms with Crippen LogP contribution in [0.2, 0.25) is 0 Å². The van der Waals surface area contributed by atoms with Crippen molar-refractivity contribution in [3.63, 3.8) is 0 Å². The molecule has 4 rings (SSSR count). The highest BCUT2D eigenvalue weighted by Crippen LogP contribution is 2.30. The molecule has 2 atom stereocenters. The number of rotatable bonds is 3. The third-order valence-corrected chi connectivity index (χ3v) is 5.29. The van der Waals surface area contributed by atoms with Crippen LogP contribution in [-0.4, -0.2) is 66.8 Å². The lowest BCUT2D eigenvalue weighted by molar-refractivity contribution is -0.151. The van der Waals surface area contributed by atoms with Gasteiger partial charge in [-0.1, -0.05) is 30.3 Å². The number of benzene rings is 1. The van der Waals surface area contributed by atoms with Crippen molar-refractivity contribution in [3.05, 3.63) is 60.1 Å². The standard InChI is InChI=1S/C21H22N4O5/c1-29-20(28)16-17(14-6-3-2-4-7-14)22-21(23-18(16)26)25-11-9-24(10-12-25)19(27)15-8-5-13-30-15/h2-8,13,16-17H,9-12H2,1H3,(H,22,23,26)/t16-,17-/m1/s1. The lowest BCUT2D eigenvalue weighted by atomic mass is 9.91. The van der Waals surface area contributed by atoms with E-state index in [4.69, 9.17) is 9.15 Å². The van der Waals surface area contributed by atoms with Crippen LogP contribution in [0.3, 0.4) is 0 Å². The second-order valence-electron chi connectivity index (χ2n) is 7.05. The summed E-state index contributed by atoms with van der Waals surface area (Å²) in [5.41, 5.74) is 0.756. The van der Waals surface area contributed by atoms with E-state index < -0.39 is 23.8 Å². The Bertz CT molecular complexity index is 949. The van der Waals surface area contributed by atoms with Gasteiger partial charge in [0.15, 0.2) is 11.7 Å². The molecule has 0 bridgehead atoms. The Morgan fingerprint density at radius 3 is 2.47 bits per heavy atom. The summed E-state index contributed by atoms with van der Waals surface area (Å²) in [4.78, 5) is 45.8. The van der Waals surface area contributed by atoms with E-state index in [1.54, 1.807) is 17.0 Å². The third-order valence-electron chi connectivity index (χ3n) is 5.29. The van der Waals surface area contributed by atoms with Gasteiger partial charge in [0.05, 0.1) is 13.4 Å². The lowest BCUT2D eigenvalue weighted by Crippen LogP contribution is -2.58. The van der Waals surface area contributed by atoms with Crippen molar-refractivity contribution < 1.29 is 23.5 Å². The van der Waals surface area contributed by atoms with E-state index in [0.717, 1.165) is 5.56 Å². The van der Waals surface area contributed by atoms with Crippen molar-refractivity contribution in [2.45, 2.75) is 6.04 Å². The van der Waals surface area contributed by atoms with Crippen LogP contribution in [0.4, 0.5) is 0 Å². The summed E-state index contributed by atoms with van der Waals surface area (Å²) < 4.78 is 10.0. The number of nitrogens with one attached hydrogen (secondary N) is 1. The third kappa shape index (κ3) is 3.78. The highest BCUT2D eigenvalue weighted by atomic mass is 16.5. The van der Waals surface area contributed by atoms with Crippen LogP contribution in [-0.2, 0) is 14.3 Å². The number of carbonyl (C=O) groups excluding carboxylic acids is 3. The topological polar surface area (TPSA) is 104 Å². The van der Waals surface area contributed by atoms with Gasteiger partial charge in [0.1, 0.15) is 6.04 Å². The number of esters is 1. The number of methoxy groups -OCH3 is 1. The quantitative estimate of drug-likeness (QED) is 0.599. The molecular formula is C21H22N4O5. The van der Waals surface area contributed by atoms with Gasteiger partial charge in [-0.2, -0.15) is 0 Å². The molecule has 1 aromatic carbocycles. The number of aliphatic imine (C=N–C) groups is 1. The predicted molar refractivity (Wildman–Crippen MR) is 106 cm³/mol. The SMILES string of the molecule is COC(=O)[C@H]1C(=O)NC(N2CCN(C(=O)c3ccco3)CC2)=N[C@@H]1c1ccccc1. The van der Waals surface area contributed by atoms with E-state index in [1.165, 1.54) is 13.4 Å². The number of hydrogen-bond donors (Lipinski definition) is 1. The molecule has 9 heteroatoms. The zero-order chi connectivity index (χ0) is 21.1. The monoisotopic (exact) mass is 410 g/mol. The van der Waals surface area contributed by atoms with Gasteiger partial charge >= 0.3 is 5.97 Å². The number of amides is 2. The Hall–Kier alpha value is -3.62. The number of nitrogens with zero attached hydrogens (tertiary/aromatic N) is 3. The first-order chi connectivity index (χ1) is 14.6. The number of piperazine rings is 1. The minimum Gasteiger partial charge on any atom is -0.468 e. The molecule has 2 aromatic rings. The van der Waals surface area contributed by atoms with E-state index >= 15 is 0 Å². The number of furan rings is 1. The number of ether oxygens (including phenoxy) is 1. The maximum Gasteiger partial charge on any atom is 0.320 e. The van der Waals surface area contributed by atoms with Gasteiger partial charge < -0.3 is 19.0 Å². The molecule has 0 spiro atoms. The normalized spacial score (nSPS) is 21.6. The zero-order valence-corrected chi connectivity index (χ0v) is 16.5. The Morgan fingerprint density at radius 1 is 1.10 bits per heavy atom. The molecular weight excluding hydrogens is 388 g/mol. The smallest absolute Gasteiger partial charge is 0.320 e. The molecule has 156 valence electrons. The maximum absolute atomic E-state index is 12.8. The first-order valence-corrected chi connectivity index (χ1v) is 9.67. The summed E-state index contributed by atoms with van der Waals surface area (Å²) in [5.74, 6) is -1.59. The zero-order valence-electron chi connectivity index (χ0n) is 16.5. The molecule has 30 heavy (non-hydrogen) atoms. The van der Waals surface area contributed by atoms with Crippen LogP contribution < -0.4 is 5.32 Å². The summed E-state index contributed by atoms with van der Waals surface area (Å²) in [6.07, 6.45) is 1.47. The van der Waals surface area contributed by atoms with Gasteiger partial charge in [0.25, 0.3) is 5.91 Å². The van der Waals surface area contributed by atoms with Crippen molar-refractivity contribution >= 4 is 23.7 Å². The molecule has 2 aliphatic rings. The minimum atomic E-state index is -1.05. The van der Waals surface area contributed by atoms with Crippen molar-refractivity contribution in [2.75, 3.05) is 33.3 Å². The van der Waals surface area contributed by atoms with Crippen LogP contribution in [0.5, 0.6) is 0 Å². The molecule has 0 unspecified atom stereocenters. The predicted octanol–water partition coefficient (Wildman–Crippen LogP) is 1.05. The fourth-order valence-electron chi connectivity index (χ4n) is 3.69. The molecule has 0 radical (unpaired) electrons. The van der Waals surface area contributed by atoms with Crippen LogP contribution in [0.15, 0.2) is 58.1 Å². The minimum absolute atomic E-state index is 0.165. The molecule has 3 heterocycles. The summed E-state index contributed by atoms with van der Waals surface area (Å²) >= 11 is 0. The van der Waals surface area contributed by atoms with Gasteiger partial charge in [-0.3, -0.25) is 19.7 Å². The highest BCUT2D eigenvalue weighted by molar-refractivity contribution is 6.08. The van der Waals surface area contributed by atoms with Gasteiger partial charge in [0.2, 0.25) is 11.9 Å². The second kappa shape index (κ2) is 8.40. The van der Waals surface area contributed by atoms with E-state index in [2.05, 4.69) is 10.3 Å². The molecule has 1 aromatic heterocycles. The fourth-order valence-corrected chi connectivity index (χ4v) is 3.69. The van der Waals surface area contributed by atoms with Crippen LogP contribution in [0.1, 0.15) is 22.2 Å². The molecule has 1 saturated heterocycles. The lowest BCUT2D eigenvalue weighted by Gasteiger charge is -2.38. The Kier molecular flexibility index (Phi) is 5.51. The van der Waals surface area contributed by atoms with Gasteiger partial charge in [-0.15, -0.1) is 0 Å². The van der Waals surface area contributed by atoms with Gasteiger partial charge in [-0.25, -0.2) is 4.99 Å². The molecule has 0 aliphatic carbocycles. The molecule has 2 amide bonds. The van der Waals surface area contributed by atoms with Crippen LogP contribution >= 0.6 is 0 Å². The van der Waals surface area contributed by atoms with Crippen LogP contribution in [0.25, 0.3) is 0 Å². The Labute approximate surface area is 173 Å². The van der Waals surface area contributed by atoms with Gasteiger partial charge in [0, 0.05) is 26.2 Å². The summed E-state index contributed by atoms with van der Waals surface area (Å²) in [5, 5.41) is 2.74. The summed E-state index contributed by atoms with van der Waals surface area (Å²) in [6.45, 7) is 1.92. The molecule has 1 N–H and O–H groups in total. The largest absolute Gasteiger partial charge is 0.468 e. The van der Waals surface area contributed by atoms with Crippen LogP contribution in [0, 0.1) is 5.92 Å². The molecule has 9 nitrogen and oxygen atoms in total. The van der Waals surface area contributed by atoms with E-state index in [1.807, 2.05) is 35.2 Å². The Balaban J connectivity index is 1.52. The van der Waals surface area contributed by atoms with E-state index in [-0.39, 0.29) is 5.91 Å². The summed E-state index contributed by atoms with van der Waals surface area (Å²) in [6, 6.07) is 11.8. The van der Waals surface area contributed by atoms with E-state index in [9.17, 15) is 14.4 Å². The first-order valence-electron chi connectivity index (χ1n) is 9.67. The molecule has 0 saturated carbocycles. The van der Waals surface area contributed by atoms with E-state index in [0.29, 0.717) is 37.9 Å². The highest BCUT2D eigenvalue weighted by Gasteiger charge is 2.42. The van der Waals surface area contributed by atoms with Crippen molar-refractivity contribution in [3.8, 4) is 0 Å². The van der Waals surface area contributed by atoms with Crippen molar-refractivity contribution in [2.24, 2.45) is 10.9 Å². The average molecular weight is 410 g/mol. The fraction of sp³-hybridized carbons (Fsp3) is 0.333. The second-order valence-corrected chi connectivity index (χ2v) is 7.05.